The maximum absolute atomic E-state index is 5.57. The predicted octanol–water partition coefficient (Wildman–Crippen LogP) is 1.29. The highest BCUT2D eigenvalue weighted by molar-refractivity contribution is 5.63. The van der Waals surface area contributed by atoms with E-state index in [9.17, 15) is 0 Å². The number of pyridine rings is 1. The molecule has 0 aliphatic heterocycles. The van der Waals surface area contributed by atoms with Gasteiger partial charge in [0.2, 0.25) is 0 Å². The number of aryl methyl sites for hydroxylation is 1. The van der Waals surface area contributed by atoms with Crippen LogP contribution in [0.5, 0.6) is 0 Å². The Balaban J connectivity index is 2.49. The minimum atomic E-state index is 0.633. The minimum Gasteiger partial charge on any atom is -0.330 e. The fraction of sp³-hybridized carbons (Fsp3) is 0.333. The van der Waals surface area contributed by atoms with Gasteiger partial charge in [0.1, 0.15) is 0 Å². The highest BCUT2D eigenvalue weighted by Crippen LogP contribution is 2.24. The zero-order chi connectivity index (χ0) is 11.5. The molecule has 0 atom stereocenters. The number of hydrogen-bond donors (Lipinski definition) is 1. The molecule has 0 saturated carbocycles. The molecule has 0 bridgehead atoms. The largest absolute Gasteiger partial charge is 0.330 e. The number of nitrogens with two attached hydrogens (primary N) is 1. The van der Waals surface area contributed by atoms with Gasteiger partial charge in [0, 0.05) is 31.4 Å². The molecule has 0 aliphatic rings. The average molecular weight is 216 g/mol. The molecule has 84 valence electrons. The van der Waals surface area contributed by atoms with E-state index in [4.69, 9.17) is 5.73 Å². The molecule has 2 aromatic heterocycles. The lowest BCUT2D eigenvalue weighted by molar-refractivity contribution is 0.745. The van der Waals surface area contributed by atoms with Crippen molar-refractivity contribution in [3.05, 3.63) is 35.8 Å². The topological polar surface area (TPSA) is 56.7 Å². The average Bonchev–Trinajstić information content (AvgIpc) is 2.56. The van der Waals surface area contributed by atoms with Gasteiger partial charge in [-0.3, -0.25) is 9.67 Å². The van der Waals surface area contributed by atoms with Gasteiger partial charge < -0.3 is 5.73 Å². The fourth-order valence-electron chi connectivity index (χ4n) is 1.97. The maximum atomic E-state index is 5.57. The Morgan fingerprint density at radius 2 is 2.00 bits per heavy atom. The first-order valence-electron chi connectivity index (χ1n) is 5.37. The summed E-state index contributed by atoms with van der Waals surface area (Å²) in [5.41, 5.74) is 10.1. The lowest BCUT2D eigenvalue weighted by Crippen LogP contribution is -2.04. The standard InChI is InChI=1S/C12H16N4/c1-9-11(3-6-13)15-16(2)12(9)10-4-7-14-8-5-10/h4-5,7-8H,3,6,13H2,1-2H3. The monoisotopic (exact) mass is 216 g/mol. The third-order valence-corrected chi connectivity index (χ3v) is 2.72. The summed E-state index contributed by atoms with van der Waals surface area (Å²) in [7, 11) is 1.96. The quantitative estimate of drug-likeness (QED) is 0.841. The van der Waals surface area contributed by atoms with Crippen molar-refractivity contribution < 1.29 is 0 Å². The number of rotatable bonds is 3. The molecule has 2 rings (SSSR count). The van der Waals surface area contributed by atoms with E-state index in [1.165, 1.54) is 5.56 Å². The van der Waals surface area contributed by atoms with Gasteiger partial charge in [-0.2, -0.15) is 5.10 Å². The van der Waals surface area contributed by atoms with Crippen LogP contribution in [0.1, 0.15) is 11.3 Å². The molecule has 0 fully saturated rings. The summed E-state index contributed by atoms with van der Waals surface area (Å²) in [6.45, 7) is 2.72. The van der Waals surface area contributed by atoms with Crippen LogP contribution in [0.2, 0.25) is 0 Å². The molecular formula is C12H16N4. The molecule has 0 amide bonds. The Hall–Kier alpha value is -1.68. The summed E-state index contributed by atoms with van der Waals surface area (Å²) in [5, 5.41) is 4.49. The van der Waals surface area contributed by atoms with Gasteiger partial charge >= 0.3 is 0 Å². The highest BCUT2D eigenvalue weighted by atomic mass is 15.3. The Morgan fingerprint density at radius 1 is 1.31 bits per heavy atom. The van der Waals surface area contributed by atoms with E-state index in [0.717, 1.165) is 23.4 Å². The van der Waals surface area contributed by atoms with Crippen molar-refractivity contribution in [3.63, 3.8) is 0 Å². The second kappa shape index (κ2) is 4.45. The van der Waals surface area contributed by atoms with Crippen LogP contribution in [-0.2, 0) is 13.5 Å². The van der Waals surface area contributed by atoms with Gasteiger partial charge in [-0.05, 0) is 31.2 Å². The third-order valence-electron chi connectivity index (χ3n) is 2.72. The van der Waals surface area contributed by atoms with Crippen LogP contribution in [-0.4, -0.2) is 21.3 Å². The number of nitrogens with zero attached hydrogens (tertiary/aromatic N) is 3. The zero-order valence-electron chi connectivity index (χ0n) is 9.64. The van der Waals surface area contributed by atoms with Gasteiger partial charge in [0.15, 0.2) is 0 Å². The molecule has 0 radical (unpaired) electrons. The molecule has 4 nitrogen and oxygen atoms in total. The molecule has 0 aliphatic carbocycles. The van der Waals surface area contributed by atoms with Crippen molar-refractivity contribution in [2.45, 2.75) is 13.3 Å². The van der Waals surface area contributed by atoms with Gasteiger partial charge in [-0.25, -0.2) is 0 Å². The summed E-state index contributed by atoms with van der Waals surface area (Å²) in [4.78, 5) is 4.02. The smallest absolute Gasteiger partial charge is 0.0712 e. The Labute approximate surface area is 95.1 Å². The minimum absolute atomic E-state index is 0.633. The van der Waals surface area contributed by atoms with Crippen molar-refractivity contribution in [2.75, 3.05) is 6.54 Å². The van der Waals surface area contributed by atoms with Gasteiger partial charge in [-0.15, -0.1) is 0 Å². The number of hydrogen-bond acceptors (Lipinski definition) is 3. The van der Waals surface area contributed by atoms with Crippen LogP contribution < -0.4 is 5.73 Å². The Bertz CT molecular complexity index is 473. The first-order chi connectivity index (χ1) is 7.74. The molecule has 4 heteroatoms. The van der Waals surface area contributed by atoms with Crippen LogP contribution in [0.4, 0.5) is 0 Å². The summed E-state index contributed by atoms with van der Waals surface area (Å²) in [6.07, 6.45) is 4.42. The Kier molecular flexibility index (Phi) is 3.01. The summed E-state index contributed by atoms with van der Waals surface area (Å²) < 4.78 is 1.91. The molecule has 2 aromatic rings. The van der Waals surface area contributed by atoms with Crippen molar-refractivity contribution >= 4 is 0 Å². The van der Waals surface area contributed by atoms with Crippen molar-refractivity contribution in [3.8, 4) is 11.3 Å². The highest BCUT2D eigenvalue weighted by Gasteiger charge is 2.12. The van der Waals surface area contributed by atoms with E-state index in [-0.39, 0.29) is 0 Å². The third kappa shape index (κ3) is 1.84. The lowest BCUT2D eigenvalue weighted by Gasteiger charge is -2.02. The molecular weight excluding hydrogens is 200 g/mol. The Morgan fingerprint density at radius 3 is 2.62 bits per heavy atom. The van der Waals surface area contributed by atoms with Crippen LogP contribution in [0.15, 0.2) is 24.5 Å². The van der Waals surface area contributed by atoms with E-state index in [0.29, 0.717) is 6.54 Å². The van der Waals surface area contributed by atoms with Gasteiger partial charge in [-0.1, -0.05) is 0 Å². The molecule has 2 heterocycles. The van der Waals surface area contributed by atoms with Crippen LogP contribution in [0, 0.1) is 6.92 Å². The van der Waals surface area contributed by atoms with Gasteiger partial charge in [0.25, 0.3) is 0 Å². The van der Waals surface area contributed by atoms with Crippen molar-refractivity contribution in [1.82, 2.24) is 14.8 Å². The normalized spacial score (nSPS) is 10.7. The second-order valence-corrected chi connectivity index (χ2v) is 3.82. The summed E-state index contributed by atoms with van der Waals surface area (Å²) in [5.74, 6) is 0. The lowest BCUT2D eigenvalue weighted by atomic mass is 10.1. The van der Waals surface area contributed by atoms with Crippen LogP contribution in [0.3, 0.4) is 0 Å². The maximum Gasteiger partial charge on any atom is 0.0712 e. The first-order valence-corrected chi connectivity index (χ1v) is 5.37. The predicted molar refractivity (Wildman–Crippen MR) is 63.9 cm³/mol. The van der Waals surface area contributed by atoms with Crippen LogP contribution >= 0.6 is 0 Å². The summed E-state index contributed by atoms with van der Waals surface area (Å²) in [6, 6.07) is 3.99. The molecule has 0 unspecified atom stereocenters. The van der Waals surface area contributed by atoms with E-state index in [1.807, 2.05) is 23.9 Å². The molecule has 0 aromatic carbocycles. The van der Waals surface area contributed by atoms with E-state index in [1.54, 1.807) is 12.4 Å². The SMILES string of the molecule is Cc1c(CCN)nn(C)c1-c1ccncc1. The molecule has 0 saturated heterocycles. The zero-order valence-corrected chi connectivity index (χ0v) is 9.64. The van der Waals surface area contributed by atoms with Crippen LogP contribution in [0.25, 0.3) is 11.3 Å². The number of aromatic nitrogens is 3. The molecule has 0 spiro atoms. The fourth-order valence-corrected chi connectivity index (χ4v) is 1.97. The summed E-state index contributed by atoms with van der Waals surface area (Å²) >= 11 is 0. The van der Waals surface area contributed by atoms with Crippen molar-refractivity contribution in [1.29, 1.82) is 0 Å². The molecule has 16 heavy (non-hydrogen) atoms. The van der Waals surface area contributed by atoms with Gasteiger partial charge in [0.05, 0.1) is 11.4 Å². The second-order valence-electron chi connectivity index (χ2n) is 3.82. The first kappa shape index (κ1) is 10.8. The van der Waals surface area contributed by atoms with E-state index in [2.05, 4.69) is 17.0 Å². The van der Waals surface area contributed by atoms with E-state index < -0.39 is 0 Å². The molecule has 2 N–H and O–H groups in total. The van der Waals surface area contributed by atoms with Crippen molar-refractivity contribution in [2.24, 2.45) is 12.8 Å². The van der Waals surface area contributed by atoms with E-state index >= 15 is 0 Å².